The highest BCUT2D eigenvalue weighted by Crippen LogP contribution is 2.42. The summed E-state index contributed by atoms with van der Waals surface area (Å²) in [4.78, 5) is 2.49. The summed E-state index contributed by atoms with van der Waals surface area (Å²) in [6.45, 7) is 7.79. The third-order valence-electron chi connectivity index (χ3n) is 4.39. The molecule has 2 heterocycles. The van der Waals surface area contributed by atoms with Gasteiger partial charge in [-0.2, -0.15) is 0 Å². The van der Waals surface area contributed by atoms with Crippen LogP contribution in [0.25, 0.3) is 0 Å². The Morgan fingerprint density at radius 1 is 1.25 bits per heavy atom. The summed E-state index contributed by atoms with van der Waals surface area (Å²) >= 11 is 0. The Morgan fingerprint density at radius 3 is 2.65 bits per heavy atom. The summed E-state index contributed by atoms with van der Waals surface area (Å²) in [5, 5.41) is 8.16. The summed E-state index contributed by atoms with van der Waals surface area (Å²) in [6.07, 6.45) is 1.77. The Morgan fingerprint density at radius 2 is 2.00 bits per heavy atom. The van der Waals surface area contributed by atoms with E-state index in [2.05, 4.69) is 59.3 Å². The quantitative estimate of drug-likeness (QED) is 0.859. The number of hydrogen-bond acceptors (Lipinski definition) is 3. The van der Waals surface area contributed by atoms with E-state index in [4.69, 9.17) is 0 Å². The van der Waals surface area contributed by atoms with Crippen LogP contribution in [0.2, 0.25) is 0 Å². The number of nitrogens with zero attached hydrogens (tertiary/aromatic N) is 4. The second-order valence-corrected chi connectivity index (χ2v) is 6.48. The molecule has 1 aliphatic rings. The first-order chi connectivity index (χ1) is 9.56. The van der Waals surface area contributed by atoms with Crippen molar-refractivity contribution in [2.75, 3.05) is 13.1 Å². The fraction of sp³-hybridized carbons (Fsp3) is 0.500. The molecule has 20 heavy (non-hydrogen) atoms. The Balaban J connectivity index is 1.77. The second-order valence-electron chi connectivity index (χ2n) is 6.48. The molecule has 0 amide bonds. The Hall–Kier alpha value is -1.68. The molecular weight excluding hydrogens is 248 g/mol. The Kier molecular flexibility index (Phi) is 3.34. The van der Waals surface area contributed by atoms with Crippen LogP contribution >= 0.6 is 0 Å². The van der Waals surface area contributed by atoms with E-state index >= 15 is 0 Å². The Labute approximate surface area is 120 Å². The fourth-order valence-corrected chi connectivity index (χ4v) is 3.27. The predicted molar refractivity (Wildman–Crippen MR) is 79.2 cm³/mol. The minimum Gasteiger partial charge on any atom is -0.320 e. The summed E-state index contributed by atoms with van der Waals surface area (Å²) in [5.41, 5.74) is 1.73. The molecular formula is C16H22N4. The number of hydrogen-bond donors (Lipinski definition) is 0. The lowest BCUT2D eigenvalue weighted by molar-refractivity contribution is 0.274. The van der Waals surface area contributed by atoms with Crippen molar-refractivity contribution < 1.29 is 0 Å². The van der Waals surface area contributed by atoms with Gasteiger partial charge in [0, 0.05) is 26.1 Å². The van der Waals surface area contributed by atoms with E-state index in [1.165, 1.54) is 5.56 Å². The molecule has 2 aromatic rings. The standard InChI is InChI=1S/C16H22N4/c1-16(2)11-20(10-15-18-17-12-19(15)3)9-14(16)13-7-5-4-6-8-13/h4-8,12,14H,9-11H2,1-3H3. The normalized spacial score (nSPS) is 22.2. The van der Waals surface area contributed by atoms with Gasteiger partial charge in [0.1, 0.15) is 12.2 Å². The molecule has 1 saturated heterocycles. The van der Waals surface area contributed by atoms with E-state index in [1.807, 2.05) is 11.6 Å². The minimum atomic E-state index is 0.292. The third kappa shape index (κ3) is 2.48. The van der Waals surface area contributed by atoms with Gasteiger partial charge in [-0.3, -0.25) is 4.90 Å². The SMILES string of the molecule is Cn1cnnc1CN1CC(c2ccccc2)C(C)(C)C1. The van der Waals surface area contributed by atoms with E-state index in [1.54, 1.807) is 6.33 Å². The van der Waals surface area contributed by atoms with Crippen molar-refractivity contribution in [2.45, 2.75) is 26.3 Å². The molecule has 0 spiro atoms. The van der Waals surface area contributed by atoms with E-state index in [-0.39, 0.29) is 0 Å². The van der Waals surface area contributed by atoms with Crippen LogP contribution in [-0.2, 0) is 13.6 Å². The smallest absolute Gasteiger partial charge is 0.146 e. The van der Waals surface area contributed by atoms with Crippen LogP contribution in [0.1, 0.15) is 31.2 Å². The molecule has 0 N–H and O–H groups in total. The van der Waals surface area contributed by atoms with Gasteiger partial charge in [0.05, 0.1) is 6.54 Å². The molecule has 106 valence electrons. The highest BCUT2D eigenvalue weighted by atomic mass is 15.3. The van der Waals surface area contributed by atoms with Crippen LogP contribution in [0.3, 0.4) is 0 Å². The zero-order valence-electron chi connectivity index (χ0n) is 12.5. The summed E-state index contributed by atoms with van der Waals surface area (Å²) in [7, 11) is 2.01. The van der Waals surface area contributed by atoms with E-state index in [0.29, 0.717) is 11.3 Å². The number of benzene rings is 1. The molecule has 4 heteroatoms. The van der Waals surface area contributed by atoms with Crippen LogP contribution in [0.4, 0.5) is 0 Å². The maximum Gasteiger partial charge on any atom is 0.146 e. The summed E-state index contributed by atoms with van der Waals surface area (Å²) < 4.78 is 2.00. The largest absolute Gasteiger partial charge is 0.320 e. The lowest BCUT2D eigenvalue weighted by Gasteiger charge is -2.26. The van der Waals surface area contributed by atoms with Crippen molar-refractivity contribution in [1.82, 2.24) is 19.7 Å². The number of aryl methyl sites for hydroxylation is 1. The average Bonchev–Trinajstić information content (AvgIpc) is 2.94. The molecule has 1 aromatic heterocycles. The van der Waals surface area contributed by atoms with Crippen molar-refractivity contribution >= 4 is 0 Å². The van der Waals surface area contributed by atoms with Crippen LogP contribution in [0, 0.1) is 5.41 Å². The van der Waals surface area contributed by atoms with Gasteiger partial charge in [-0.05, 0) is 11.0 Å². The number of aromatic nitrogens is 3. The van der Waals surface area contributed by atoms with Gasteiger partial charge in [-0.15, -0.1) is 10.2 Å². The maximum absolute atomic E-state index is 4.20. The summed E-state index contributed by atoms with van der Waals surface area (Å²) in [6, 6.07) is 10.9. The Bertz CT molecular complexity index is 573. The van der Waals surface area contributed by atoms with Crippen molar-refractivity contribution in [2.24, 2.45) is 12.5 Å². The van der Waals surface area contributed by atoms with Crippen molar-refractivity contribution in [1.29, 1.82) is 0 Å². The summed E-state index contributed by atoms with van der Waals surface area (Å²) in [5.74, 6) is 1.62. The van der Waals surface area contributed by atoms with Gasteiger partial charge < -0.3 is 4.57 Å². The van der Waals surface area contributed by atoms with Gasteiger partial charge in [-0.25, -0.2) is 0 Å². The van der Waals surface area contributed by atoms with Gasteiger partial charge in [0.25, 0.3) is 0 Å². The monoisotopic (exact) mass is 270 g/mol. The average molecular weight is 270 g/mol. The lowest BCUT2D eigenvalue weighted by Crippen LogP contribution is -2.24. The van der Waals surface area contributed by atoms with Gasteiger partial charge in [-0.1, -0.05) is 44.2 Å². The molecule has 0 bridgehead atoms. The van der Waals surface area contributed by atoms with Crippen LogP contribution in [-0.4, -0.2) is 32.8 Å². The van der Waals surface area contributed by atoms with Crippen LogP contribution in [0.5, 0.6) is 0 Å². The maximum atomic E-state index is 4.20. The molecule has 1 aliphatic heterocycles. The molecule has 0 aliphatic carbocycles. The van der Waals surface area contributed by atoms with Crippen molar-refractivity contribution in [3.05, 3.63) is 48.0 Å². The first kappa shape index (κ1) is 13.3. The fourth-order valence-electron chi connectivity index (χ4n) is 3.27. The van der Waals surface area contributed by atoms with E-state index in [9.17, 15) is 0 Å². The second kappa shape index (κ2) is 5.02. The third-order valence-corrected chi connectivity index (χ3v) is 4.39. The van der Waals surface area contributed by atoms with Gasteiger partial charge in [0.15, 0.2) is 0 Å². The predicted octanol–water partition coefficient (Wildman–Crippen LogP) is 2.44. The zero-order chi connectivity index (χ0) is 14.2. The first-order valence-electron chi connectivity index (χ1n) is 7.16. The van der Waals surface area contributed by atoms with Crippen molar-refractivity contribution in [3.8, 4) is 0 Å². The lowest BCUT2D eigenvalue weighted by atomic mass is 9.78. The topological polar surface area (TPSA) is 34.0 Å². The van der Waals surface area contributed by atoms with Gasteiger partial charge >= 0.3 is 0 Å². The molecule has 1 fully saturated rings. The molecule has 1 atom stereocenters. The van der Waals surface area contributed by atoms with Gasteiger partial charge in [0.2, 0.25) is 0 Å². The van der Waals surface area contributed by atoms with Crippen LogP contribution < -0.4 is 0 Å². The molecule has 4 nitrogen and oxygen atoms in total. The molecule has 0 saturated carbocycles. The molecule has 1 aromatic carbocycles. The first-order valence-corrected chi connectivity index (χ1v) is 7.16. The minimum absolute atomic E-state index is 0.292. The van der Waals surface area contributed by atoms with E-state index in [0.717, 1.165) is 25.5 Å². The molecule has 3 rings (SSSR count). The molecule has 0 radical (unpaired) electrons. The zero-order valence-corrected chi connectivity index (χ0v) is 12.5. The highest BCUT2D eigenvalue weighted by molar-refractivity contribution is 5.24. The number of likely N-dealkylation sites (tertiary alicyclic amines) is 1. The van der Waals surface area contributed by atoms with Crippen molar-refractivity contribution in [3.63, 3.8) is 0 Å². The highest BCUT2D eigenvalue weighted by Gasteiger charge is 2.40. The van der Waals surface area contributed by atoms with E-state index < -0.39 is 0 Å². The number of rotatable bonds is 3. The van der Waals surface area contributed by atoms with Crippen LogP contribution in [0.15, 0.2) is 36.7 Å². The molecule has 1 unspecified atom stereocenters.